The van der Waals surface area contributed by atoms with Crippen LogP contribution in [0.2, 0.25) is 5.02 Å². The number of carbonyl (C=O) groups excluding carboxylic acids is 2. The van der Waals surface area contributed by atoms with Crippen LogP contribution in [0, 0.1) is 6.92 Å². The van der Waals surface area contributed by atoms with E-state index in [4.69, 9.17) is 16.3 Å². The van der Waals surface area contributed by atoms with Crippen LogP contribution >= 0.6 is 23.4 Å². The number of nitrogens with zero attached hydrogens (tertiary/aromatic N) is 2. The van der Waals surface area contributed by atoms with Gasteiger partial charge in [-0.25, -0.2) is 0 Å². The number of imide groups is 1. The number of carbonyl (C=O) groups is 2. The fourth-order valence-electron chi connectivity index (χ4n) is 3.65. The minimum atomic E-state index is -0.274. The number of fused-ring (bicyclic) bond motifs is 1. The van der Waals surface area contributed by atoms with Gasteiger partial charge in [-0.3, -0.25) is 14.5 Å². The van der Waals surface area contributed by atoms with Crippen LogP contribution in [0.4, 0.5) is 4.79 Å². The molecule has 2 amide bonds. The van der Waals surface area contributed by atoms with Crippen molar-refractivity contribution in [2.24, 2.45) is 0 Å². The van der Waals surface area contributed by atoms with Gasteiger partial charge in [-0.05, 0) is 42.5 Å². The maximum Gasteiger partial charge on any atom is 0.293 e. The van der Waals surface area contributed by atoms with Crippen LogP contribution in [0.5, 0.6) is 0 Å². The Bertz CT molecular complexity index is 1170. The Labute approximate surface area is 184 Å². The van der Waals surface area contributed by atoms with E-state index in [1.807, 2.05) is 55.5 Å². The smallest absolute Gasteiger partial charge is 0.293 e. The number of para-hydroxylation sites is 1. The van der Waals surface area contributed by atoms with Crippen LogP contribution in [0.1, 0.15) is 16.8 Å². The third-order valence-corrected chi connectivity index (χ3v) is 6.51. The molecule has 0 atom stereocenters. The standard InChI is InChI=1S/C23H21ClN2O3S/c1-15-18(13-21-22(27)25(11-12-29-2)23(28)30-21)17-8-4-6-10-20(17)26(15)14-16-7-3-5-9-19(16)24/h3-10,13H,11-12,14H2,1-2H3/b21-13+. The lowest BCUT2D eigenvalue weighted by atomic mass is 10.1. The summed E-state index contributed by atoms with van der Waals surface area (Å²) in [5.74, 6) is -0.274. The van der Waals surface area contributed by atoms with Crippen LogP contribution < -0.4 is 0 Å². The van der Waals surface area contributed by atoms with Crippen molar-refractivity contribution < 1.29 is 14.3 Å². The minimum absolute atomic E-state index is 0.256. The summed E-state index contributed by atoms with van der Waals surface area (Å²) in [6.07, 6.45) is 1.83. The highest BCUT2D eigenvalue weighted by Gasteiger charge is 2.35. The van der Waals surface area contributed by atoms with Gasteiger partial charge in [0, 0.05) is 40.8 Å². The van der Waals surface area contributed by atoms with E-state index in [1.54, 1.807) is 7.11 Å². The van der Waals surface area contributed by atoms with Gasteiger partial charge >= 0.3 is 0 Å². The predicted molar refractivity (Wildman–Crippen MR) is 122 cm³/mol. The highest BCUT2D eigenvalue weighted by Crippen LogP contribution is 2.36. The van der Waals surface area contributed by atoms with Crippen LogP contribution in [-0.2, 0) is 16.1 Å². The van der Waals surface area contributed by atoms with Crippen molar-refractivity contribution in [1.29, 1.82) is 0 Å². The summed E-state index contributed by atoms with van der Waals surface area (Å²) in [6, 6.07) is 15.8. The summed E-state index contributed by atoms with van der Waals surface area (Å²) < 4.78 is 7.20. The van der Waals surface area contributed by atoms with Crippen molar-refractivity contribution in [1.82, 2.24) is 9.47 Å². The topological polar surface area (TPSA) is 51.5 Å². The second-order valence-corrected chi connectivity index (χ2v) is 8.42. The quantitative estimate of drug-likeness (QED) is 0.486. The van der Waals surface area contributed by atoms with Crippen molar-refractivity contribution in [3.63, 3.8) is 0 Å². The van der Waals surface area contributed by atoms with E-state index in [1.165, 1.54) is 4.90 Å². The molecule has 0 spiro atoms. The van der Waals surface area contributed by atoms with Gasteiger partial charge in [0.25, 0.3) is 11.1 Å². The fourth-order valence-corrected chi connectivity index (χ4v) is 4.69. The summed E-state index contributed by atoms with van der Waals surface area (Å²) in [5.41, 5.74) is 4.03. The number of hydrogen-bond donors (Lipinski definition) is 0. The molecule has 7 heteroatoms. The molecule has 30 heavy (non-hydrogen) atoms. The first kappa shape index (κ1) is 20.7. The molecule has 5 nitrogen and oxygen atoms in total. The number of rotatable bonds is 6. The number of halogens is 1. The van der Waals surface area contributed by atoms with Crippen molar-refractivity contribution in [2.45, 2.75) is 13.5 Å². The number of hydrogen-bond acceptors (Lipinski definition) is 4. The molecule has 1 aliphatic rings. The molecular formula is C23H21ClN2O3S. The van der Waals surface area contributed by atoms with E-state index in [0.717, 1.165) is 44.5 Å². The minimum Gasteiger partial charge on any atom is -0.383 e. The number of aromatic nitrogens is 1. The number of ether oxygens (including phenoxy) is 1. The van der Waals surface area contributed by atoms with Gasteiger partial charge in [-0.2, -0.15) is 0 Å². The van der Waals surface area contributed by atoms with Gasteiger partial charge in [0.2, 0.25) is 0 Å². The molecular weight excluding hydrogens is 420 g/mol. The lowest BCUT2D eigenvalue weighted by Crippen LogP contribution is -2.31. The molecule has 0 aliphatic carbocycles. The average molecular weight is 441 g/mol. The SMILES string of the molecule is COCCN1C(=O)S/C(=C/c2c(C)n(Cc3ccccc3Cl)c3ccccc23)C1=O. The Balaban J connectivity index is 1.77. The van der Waals surface area contributed by atoms with Crippen LogP contribution in [-0.4, -0.2) is 40.9 Å². The first-order valence-corrected chi connectivity index (χ1v) is 10.8. The third kappa shape index (κ3) is 3.78. The molecule has 154 valence electrons. The lowest BCUT2D eigenvalue weighted by Gasteiger charge is -2.11. The van der Waals surface area contributed by atoms with Gasteiger partial charge in [0.15, 0.2) is 0 Å². The molecule has 2 aromatic carbocycles. The number of thioether (sulfide) groups is 1. The zero-order chi connectivity index (χ0) is 21.3. The molecule has 0 bridgehead atoms. The molecule has 1 aromatic heterocycles. The lowest BCUT2D eigenvalue weighted by molar-refractivity contribution is -0.123. The Morgan fingerprint density at radius 2 is 1.83 bits per heavy atom. The zero-order valence-corrected chi connectivity index (χ0v) is 18.3. The van der Waals surface area contributed by atoms with E-state index in [0.29, 0.717) is 18.1 Å². The van der Waals surface area contributed by atoms with Crippen molar-refractivity contribution >= 4 is 51.5 Å². The van der Waals surface area contributed by atoms with E-state index >= 15 is 0 Å². The number of methoxy groups -OCH3 is 1. The highest BCUT2D eigenvalue weighted by molar-refractivity contribution is 8.18. The molecule has 0 radical (unpaired) electrons. The van der Waals surface area contributed by atoms with Crippen LogP contribution in [0.15, 0.2) is 53.4 Å². The maximum atomic E-state index is 12.8. The molecule has 3 aromatic rings. The van der Waals surface area contributed by atoms with Crippen molar-refractivity contribution in [3.05, 3.63) is 75.3 Å². The summed E-state index contributed by atoms with van der Waals surface area (Å²) in [4.78, 5) is 26.7. The van der Waals surface area contributed by atoms with Gasteiger partial charge < -0.3 is 9.30 Å². The second-order valence-electron chi connectivity index (χ2n) is 7.02. The van der Waals surface area contributed by atoms with E-state index in [-0.39, 0.29) is 17.7 Å². The summed E-state index contributed by atoms with van der Waals surface area (Å²) in [6.45, 7) is 3.22. The summed E-state index contributed by atoms with van der Waals surface area (Å²) >= 11 is 7.36. The second kappa shape index (κ2) is 8.68. The van der Waals surface area contributed by atoms with Crippen LogP contribution in [0.3, 0.4) is 0 Å². The molecule has 2 heterocycles. The van der Waals surface area contributed by atoms with Gasteiger partial charge in [0.05, 0.1) is 18.1 Å². The Morgan fingerprint density at radius 3 is 2.60 bits per heavy atom. The third-order valence-electron chi connectivity index (χ3n) is 5.23. The highest BCUT2D eigenvalue weighted by atomic mass is 35.5. The Hall–Kier alpha value is -2.54. The van der Waals surface area contributed by atoms with Gasteiger partial charge in [-0.1, -0.05) is 48.0 Å². The molecule has 0 saturated carbocycles. The van der Waals surface area contributed by atoms with E-state index < -0.39 is 0 Å². The average Bonchev–Trinajstić information content (AvgIpc) is 3.16. The first-order chi connectivity index (χ1) is 14.5. The molecule has 1 aliphatic heterocycles. The van der Waals surface area contributed by atoms with Gasteiger partial charge in [-0.15, -0.1) is 0 Å². The Kier molecular flexibility index (Phi) is 5.99. The van der Waals surface area contributed by atoms with Crippen LogP contribution in [0.25, 0.3) is 17.0 Å². The fraction of sp³-hybridized carbons (Fsp3) is 0.217. The molecule has 1 fully saturated rings. The van der Waals surface area contributed by atoms with Gasteiger partial charge in [0.1, 0.15) is 0 Å². The molecule has 0 unspecified atom stereocenters. The first-order valence-electron chi connectivity index (χ1n) is 9.56. The monoisotopic (exact) mass is 440 g/mol. The van der Waals surface area contributed by atoms with E-state index in [2.05, 4.69) is 10.6 Å². The van der Waals surface area contributed by atoms with Crippen molar-refractivity contribution in [2.75, 3.05) is 20.3 Å². The zero-order valence-electron chi connectivity index (χ0n) is 16.7. The summed E-state index contributed by atoms with van der Waals surface area (Å²) in [7, 11) is 1.55. The van der Waals surface area contributed by atoms with E-state index in [9.17, 15) is 9.59 Å². The number of benzene rings is 2. The normalized spacial score (nSPS) is 15.7. The maximum absolute atomic E-state index is 12.8. The number of amides is 2. The Morgan fingerprint density at radius 1 is 1.10 bits per heavy atom. The summed E-state index contributed by atoms with van der Waals surface area (Å²) in [5, 5.41) is 1.49. The predicted octanol–water partition coefficient (Wildman–Crippen LogP) is 5.33. The molecule has 4 rings (SSSR count). The molecule has 1 saturated heterocycles. The van der Waals surface area contributed by atoms with Crippen molar-refractivity contribution in [3.8, 4) is 0 Å². The molecule has 0 N–H and O–H groups in total. The largest absolute Gasteiger partial charge is 0.383 e.